The summed E-state index contributed by atoms with van der Waals surface area (Å²) in [6.45, 7) is 0. The van der Waals surface area contributed by atoms with Crippen molar-refractivity contribution in [2.75, 3.05) is 5.75 Å². The Balaban J connectivity index is 1.95. The Labute approximate surface area is 113 Å². The van der Waals surface area contributed by atoms with Crippen molar-refractivity contribution in [3.8, 4) is 0 Å². The number of hydrogen-bond acceptors (Lipinski definition) is 3. The second kappa shape index (κ2) is 4.48. The molecule has 0 amide bonds. The van der Waals surface area contributed by atoms with Crippen LogP contribution in [0.1, 0.15) is 21.2 Å². The molecule has 3 rings (SSSR count). The van der Waals surface area contributed by atoms with Crippen LogP contribution in [0, 0.1) is 0 Å². The molecule has 1 atom stereocenters. The molecule has 2 heterocycles. The molecule has 1 unspecified atom stereocenters. The summed E-state index contributed by atoms with van der Waals surface area (Å²) < 4.78 is 0.673. The molecular formula is C13H9ClOS2. The fourth-order valence-corrected chi connectivity index (χ4v) is 4.26. The summed E-state index contributed by atoms with van der Waals surface area (Å²) in [5, 5.41) is 0. The molecule has 86 valence electrons. The Morgan fingerprint density at radius 1 is 1.24 bits per heavy atom. The lowest BCUT2D eigenvalue weighted by Gasteiger charge is -2.07. The van der Waals surface area contributed by atoms with Crippen molar-refractivity contribution >= 4 is 40.5 Å². The molecular weight excluding hydrogens is 272 g/mol. The van der Waals surface area contributed by atoms with Crippen LogP contribution in [0.4, 0.5) is 0 Å². The lowest BCUT2D eigenvalue weighted by atomic mass is 9.96. The van der Waals surface area contributed by atoms with Gasteiger partial charge in [-0.25, -0.2) is 0 Å². The van der Waals surface area contributed by atoms with Crippen LogP contribution in [0.15, 0.2) is 41.3 Å². The average Bonchev–Trinajstić information content (AvgIpc) is 2.94. The Hall–Kier alpha value is -0.770. The van der Waals surface area contributed by atoms with E-state index < -0.39 is 0 Å². The van der Waals surface area contributed by atoms with Gasteiger partial charge in [-0.3, -0.25) is 4.79 Å². The first-order valence-electron chi connectivity index (χ1n) is 5.27. The van der Waals surface area contributed by atoms with Crippen molar-refractivity contribution in [3.63, 3.8) is 0 Å². The van der Waals surface area contributed by atoms with E-state index in [4.69, 9.17) is 11.6 Å². The van der Waals surface area contributed by atoms with Crippen LogP contribution < -0.4 is 0 Å². The van der Waals surface area contributed by atoms with E-state index in [1.165, 1.54) is 16.2 Å². The van der Waals surface area contributed by atoms with Gasteiger partial charge in [0.25, 0.3) is 0 Å². The maximum atomic E-state index is 12.4. The van der Waals surface area contributed by atoms with E-state index in [9.17, 15) is 4.79 Å². The first-order chi connectivity index (χ1) is 8.25. The van der Waals surface area contributed by atoms with Gasteiger partial charge >= 0.3 is 0 Å². The number of benzene rings is 1. The third kappa shape index (κ3) is 2.03. The fraction of sp³-hybridized carbons (Fsp3) is 0.154. The van der Waals surface area contributed by atoms with E-state index in [0.29, 0.717) is 4.34 Å². The molecule has 0 saturated heterocycles. The first-order valence-corrected chi connectivity index (χ1v) is 7.45. The number of carbonyl (C=O) groups is 1. The summed E-state index contributed by atoms with van der Waals surface area (Å²) >= 11 is 8.99. The molecule has 0 saturated carbocycles. The van der Waals surface area contributed by atoms with Gasteiger partial charge in [0.15, 0.2) is 5.78 Å². The minimum Gasteiger partial charge on any atom is -0.293 e. The molecule has 4 heteroatoms. The van der Waals surface area contributed by atoms with Gasteiger partial charge in [-0.15, -0.1) is 23.1 Å². The van der Waals surface area contributed by atoms with E-state index in [-0.39, 0.29) is 11.7 Å². The Kier molecular flexibility index (Phi) is 2.99. The van der Waals surface area contributed by atoms with Crippen LogP contribution in [0.3, 0.4) is 0 Å². The Bertz CT molecular complexity index is 576. The molecule has 17 heavy (non-hydrogen) atoms. The van der Waals surface area contributed by atoms with Gasteiger partial charge in [0.1, 0.15) is 0 Å². The van der Waals surface area contributed by atoms with E-state index in [2.05, 4.69) is 6.07 Å². The number of carbonyl (C=O) groups excluding carboxylic acids is 1. The third-order valence-corrected chi connectivity index (χ3v) is 5.26. The lowest BCUT2D eigenvalue weighted by molar-refractivity contribution is 0.0972. The van der Waals surface area contributed by atoms with Crippen LogP contribution in [-0.2, 0) is 0 Å². The maximum absolute atomic E-state index is 12.4. The molecule has 2 aromatic rings. The van der Waals surface area contributed by atoms with Gasteiger partial charge in [-0.1, -0.05) is 29.8 Å². The normalized spacial score (nSPS) is 18.1. The Morgan fingerprint density at radius 2 is 2.06 bits per heavy atom. The molecule has 1 aromatic heterocycles. The molecule has 1 aromatic carbocycles. The summed E-state index contributed by atoms with van der Waals surface area (Å²) in [6.07, 6.45) is 0. The molecule has 1 nitrogen and oxygen atoms in total. The highest BCUT2D eigenvalue weighted by Crippen LogP contribution is 2.41. The first kappa shape index (κ1) is 11.3. The second-order valence-corrected chi connectivity index (χ2v) is 6.65. The smallest absolute Gasteiger partial charge is 0.181 e. The quantitative estimate of drug-likeness (QED) is 0.755. The number of rotatable bonds is 2. The third-order valence-electron chi connectivity index (χ3n) is 2.83. The zero-order valence-corrected chi connectivity index (χ0v) is 11.2. The SMILES string of the molecule is O=C(c1ccc(Cl)s1)C1CSc2ccccc21. The van der Waals surface area contributed by atoms with Crippen LogP contribution in [0.5, 0.6) is 0 Å². The zero-order valence-electron chi connectivity index (χ0n) is 8.85. The summed E-state index contributed by atoms with van der Waals surface area (Å²) in [4.78, 5) is 14.4. The minimum absolute atomic E-state index is 0.00841. The van der Waals surface area contributed by atoms with Crippen LogP contribution in [0.2, 0.25) is 4.34 Å². The predicted octanol–water partition coefficient (Wildman–Crippen LogP) is 4.47. The fourth-order valence-electron chi connectivity index (χ4n) is 2.00. The molecule has 0 bridgehead atoms. The molecule has 1 aliphatic rings. The van der Waals surface area contributed by atoms with Gasteiger partial charge in [-0.2, -0.15) is 0 Å². The number of hydrogen-bond donors (Lipinski definition) is 0. The van der Waals surface area contributed by atoms with Gasteiger partial charge in [0, 0.05) is 10.6 Å². The van der Waals surface area contributed by atoms with Crippen molar-refractivity contribution in [3.05, 3.63) is 51.2 Å². The lowest BCUT2D eigenvalue weighted by Crippen LogP contribution is -2.10. The molecule has 0 N–H and O–H groups in total. The highest BCUT2D eigenvalue weighted by Gasteiger charge is 2.30. The number of thioether (sulfide) groups is 1. The largest absolute Gasteiger partial charge is 0.293 e. The van der Waals surface area contributed by atoms with Crippen molar-refractivity contribution in [2.45, 2.75) is 10.8 Å². The van der Waals surface area contributed by atoms with Crippen LogP contribution in [0.25, 0.3) is 0 Å². The molecule has 1 aliphatic heterocycles. The van der Waals surface area contributed by atoms with Gasteiger partial charge in [0.2, 0.25) is 0 Å². The summed E-state index contributed by atoms with van der Waals surface area (Å²) in [5.41, 5.74) is 1.16. The van der Waals surface area contributed by atoms with Gasteiger partial charge in [0.05, 0.1) is 15.1 Å². The average molecular weight is 281 g/mol. The standard InChI is InChI=1S/C13H9ClOS2/c14-12-6-5-11(17-12)13(15)9-7-16-10-4-2-1-3-8(9)10/h1-6,9H,7H2. The number of Topliss-reactive ketones (excluding diaryl/α,β-unsaturated/α-hetero) is 1. The second-order valence-electron chi connectivity index (χ2n) is 3.87. The molecule has 0 radical (unpaired) electrons. The highest BCUT2D eigenvalue weighted by molar-refractivity contribution is 7.99. The summed E-state index contributed by atoms with van der Waals surface area (Å²) in [5.74, 6) is 1.03. The van der Waals surface area contributed by atoms with Crippen LogP contribution in [-0.4, -0.2) is 11.5 Å². The van der Waals surface area contributed by atoms with Gasteiger partial charge < -0.3 is 0 Å². The van der Waals surface area contributed by atoms with E-state index in [1.807, 2.05) is 24.3 Å². The molecule has 0 fully saturated rings. The van der Waals surface area contributed by atoms with Gasteiger partial charge in [-0.05, 0) is 23.8 Å². The molecule has 0 spiro atoms. The predicted molar refractivity (Wildman–Crippen MR) is 73.6 cm³/mol. The zero-order chi connectivity index (χ0) is 11.8. The number of thiophene rings is 1. The van der Waals surface area contributed by atoms with E-state index >= 15 is 0 Å². The minimum atomic E-state index is -0.00841. The Morgan fingerprint density at radius 3 is 2.82 bits per heavy atom. The highest BCUT2D eigenvalue weighted by atomic mass is 35.5. The summed E-state index contributed by atoms with van der Waals surface area (Å²) in [7, 11) is 0. The summed E-state index contributed by atoms with van der Waals surface area (Å²) in [6, 6.07) is 11.7. The van der Waals surface area contributed by atoms with Crippen molar-refractivity contribution in [1.82, 2.24) is 0 Å². The topological polar surface area (TPSA) is 17.1 Å². The van der Waals surface area contributed by atoms with E-state index in [0.717, 1.165) is 16.2 Å². The van der Waals surface area contributed by atoms with Crippen molar-refractivity contribution in [1.29, 1.82) is 0 Å². The number of fused-ring (bicyclic) bond motifs is 1. The van der Waals surface area contributed by atoms with Crippen molar-refractivity contribution in [2.24, 2.45) is 0 Å². The number of halogens is 1. The maximum Gasteiger partial charge on any atom is 0.181 e. The molecule has 0 aliphatic carbocycles. The monoisotopic (exact) mass is 280 g/mol. The number of ketones is 1. The van der Waals surface area contributed by atoms with E-state index in [1.54, 1.807) is 17.8 Å². The van der Waals surface area contributed by atoms with Crippen molar-refractivity contribution < 1.29 is 4.79 Å². The van der Waals surface area contributed by atoms with Crippen LogP contribution >= 0.6 is 34.7 Å².